The summed E-state index contributed by atoms with van der Waals surface area (Å²) < 4.78 is 26.4. The molecule has 2 aromatic carbocycles. The smallest absolute Gasteiger partial charge is 0.244 e. The molecule has 186 valence electrons. The average molecular weight is 508 g/mol. The van der Waals surface area contributed by atoms with E-state index in [2.05, 4.69) is 5.32 Å². The largest absolute Gasteiger partial charge is 0.352 e. The SMILES string of the molecule is CC[C@H](C(=O)N[C@@H](C)CC)N(Cc1ccc(Cl)cc1)C(=O)CN(c1ccccc1C)S(C)(=O)=O. The Morgan fingerprint density at radius 3 is 2.18 bits per heavy atom. The molecule has 0 spiro atoms. The molecule has 0 bridgehead atoms. The van der Waals surface area contributed by atoms with Gasteiger partial charge in [0.1, 0.15) is 12.6 Å². The van der Waals surface area contributed by atoms with Crippen molar-refractivity contribution in [2.24, 2.45) is 0 Å². The number of sulfonamides is 1. The second-order valence-electron chi connectivity index (χ2n) is 8.45. The first-order valence-electron chi connectivity index (χ1n) is 11.4. The van der Waals surface area contributed by atoms with Crippen molar-refractivity contribution in [1.29, 1.82) is 0 Å². The van der Waals surface area contributed by atoms with Crippen LogP contribution in [0.25, 0.3) is 0 Å². The number of halogens is 1. The zero-order valence-electron chi connectivity index (χ0n) is 20.4. The Balaban J connectivity index is 2.44. The zero-order valence-corrected chi connectivity index (χ0v) is 22.0. The van der Waals surface area contributed by atoms with Crippen LogP contribution >= 0.6 is 11.6 Å². The molecule has 0 radical (unpaired) electrons. The Labute approximate surface area is 208 Å². The maximum Gasteiger partial charge on any atom is 0.244 e. The zero-order chi connectivity index (χ0) is 25.5. The molecule has 2 atom stereocenters. The van der Waals surface area contributed by atoms with Crippen molar-refractivity contribution in [3.63, 3.8) is 0 Å². The Hall–Kier alpha value is -2.58. The number of hydrogen-bond donors (Lipinski definition) is 1. The van der Waals surface area contributed by atoms with Crippen LogP contribution in [0.3, 0.4) is 0 Å². The van der Waals surface area contributed by atoms with Gasteiger partial charge in [0.2, 0.25) is 21.8 Å². The van der Waals surface area contributed by atoms with Gasteiger partial charge in [-0.15, -0.1) is 0 Å². The average Bonchev–Trinajstić information content (AvgIpc) is 2.78. The van der Waals surface area contributed by atoms with E-state index in [4.69, 9.17) is 11.6 Å². The second kappa shape index (κ2) is 12.2. The molecule has 0 heterocycles. The van der Waals surface area contributed by atoms with Gasteiger partial charge in [0.15, 0.2) is 0 Å². The molecule has 2 aromatic rings. The summed E-state index contributed by atoms with van der Waals surface area (Å²) >= 11 is 6.01. The summed E-state index contributed by atoms with van der Waals surface area (Å²) in [4.78, 5) is 28.2. The van der Waals surface area contributed by atoms with Gasteiger partial charge in [-0.2, -0.15) is 0 Å². The number of amides is 2. The molecule has 0 fully saturated rings. The van der Waals surface area contributed by atoms with E-state index < -0.39 is 28.5 Å². The minimum Gasteiger partial charge on any atom is -0.352 e. The lowest BCUT2D eigenvalue weighted by atomic mass is 10.1. The number of anilines is 1. The minimum atomic E-state index is -3.76. The Morgan fingerprint density at radius 1 is 1.03 bits per heavy atom. The molecule has 0 aliphatic heterocycles. The van der Waals surface area contributed by atoms with Gasteiger partial charge >= 0.3 is 0 Å². The van der Waals surface area contributed by atoms with E-state index in [1.165, 1.54) is 4.90 Å². The van der Waals surface area contributed by atoms with Crippen molar-refractivity contribution in [2.45, 2.75) is 59.2 Å². The third kappa shape index (κ3) is 7.46. The molecule has 0 aliphatic carbocycles. The highest BCUT2D eigenvalue weighted by molar-refractivity contribution is 7.92. The van der Waals surface area contributed by atoms with Crippen molar-refractivity contribution < 1.29 is 18.0 Å². The molecule has 0 aromatic heterocycles. The summed E-state index contributed by atoms with van der Waals surface area (Å²) in [6.45, 7) is 7.23. The summed E-state index contributed by atoms with van der Waals surface area (Å²) in [5.74, 6) is -0.726. The summed E-state index contributed by atoms with van der Waals surface area (Å²) in [6.07, 6.45) is 2.20. The standard InChI is InChI=1S/C25H34ClN3O4S/c1-6-19(4)27-25(31)22(7-2)28(16-20-12-14-21(26)15-13-20)24(30)17-29(34(5,32)33)23-11-9-8-10-18(23)3/h8-15,19,22H,6-7,16-17H2,1-5H3,(H,27,31)/t19-,22+/m0/s1. The first-order chi connectivity index (χ1) is 16.0. The van der Waals surface area contributed by atoms with Crippen LogP contribution in [0.1, 0.15) is 44.7 Å². The van der Waals surface area contributed by atoms with Gasteiger partial charge in [-0.05, 0) is 56.0 Å². The van der Waals surface area contributed by atoms with E-state index in [0.29, 0.717) is 17.1 Å². The molecule has 1 N–H and O–H groups in total. The normalized spacial score (nSPS) is 13.1. The number of nitrogens with zero attached hydrogens (tertiary/aromatic N) is 2. The van der Waals surface area contributed by atoms with Crippen molar-refractivity contribution in [1.82, 2.24) is 10.2 Å². The number of hydrogen-bond acceptors (Lipinski definition) is 4. The fourth-order valence-electron chi connectivity index (χ4n) is 3.59. The molecule has 0 aliphatic rings. The van der Waals surface area contributed by atoms with E-state index in [9.17, 15) is 18.0 Å². The van der Waals surface area contributed by atoms with Crippen molar-refractivity contribution in [3.05, 3.63) is 64.7 Å². The number of rotatable bonds is 11. The van der Waals surface area contributed by atoms with E-state index in [1.54, 1.807) is 55.5 Å². The van der Waals surface area contributed by atoms with Crippen molar-refractivity contribution >= 4 is 39.1 Å². The fourth-order valence-corrected chi connectivity index (χ4v) is 4.62. The van der Waals surface area contributed by atoms with Gasteiger partial charge in [0, 0.05) is 17.6 Å². The molecule has 2 rings (SSSR count). The fraction of sp³-hybridized carbons (Fsp3) is 0.440. The lowest BCUT2D eigenvalue weighted by Crippen LogP contribution is -2.53. The van der Waals surface area contributed by atoms with E-state index in [1.807, 2.05) is 20.8 Å². The quantitative estimate of drug-likeness (QED) is 0.495. The Kier molecular flexibility index (Phi) is 9.94. The Bertz CT molecular complexity index is 1090. The Morgan fingerprint density at radius 2 is 1.65 bits per heavy atom. The van der Waals surface area contributed by atoms with Crippen LogP contribution in [-0.2, 0) is 26.2 Å². The predicted octanol–water partition coefficient (Wildman–Crippen LogP) is 4.14. The molecular weight excluding hydrogens is 474 g/mol. The molecule has 0 saturated heterocycles. The number of aryl methyl sites for hydroxylation is 1. The first-order valence-corrected chi connectivity index (χ1v) is 13.6. The first kappa shape index (κ1) is 27.7. The molecule has 2 amide bonds. The van der Waals surface area contributed by atoms with Crippen LogP contribution in [0.15, 0.2) is 48.5 Å². The number of benzene rings is 2. The van der Waals surface area contributed by atoms with Crippen LogP contribution in [-0.4, -0.2) is 50.0 Å². The van der Waals surface area contributed by atoms with E-state index in [-0.39, 0.29) is 18.5 Å². The molecule has 0 saturated carbocycles. The van der Waals surface area contributed by atoms with Crippen molar-refractivity contribution in [2.75, 3.05) is 17.1 Å². The van der Waals surface area contributed by atoms with Crippen LogP contribution in [0.2, 0.25) is 5.02 Å². The molecule has 0 unspecified atom stereocenters. The third-order valence-corrected chi connectivity index (χ3v) is 7.09. The van der Waals surface area contributed by atoms with E-state index >= 15 is 0 Å². The maximum atomic E-state index is 13.6. The van der Waals surface area contributed by atoms with Crippen LogP contribution < -0.4 is 9.62 Å². The molecule has 9 heteroatoms. The predicted molar refractivity (Wildman–Crippen MR) is 137 cm³/mol. The van der Waals surface area contributed by atoms with Gasteiger partial charge in [-0.25, -0.2) is 8.42 Å². The summed E-state index contributed by atoms with van der Waals surface area (Å²) in [6, 6.07) is 13.2. The number of para-hydroxylation sites is 1. The van der Waals surface area contributed by atoms with E-state index in [0.717, 1.165) is 28.1 Å². The summed E-state index contributed by atoms with van der Waals surface area (Å²) in [7, 11) is -3.76. The van der Waals surface area contributed by atoms with Gasteiger partial charge in [-0.3, -0.25) is 13.9 Å². The highest BCUT2D eigenvalue weighted by Crippen LogP contribution is 2.23. The monoisotopic (exact) mass is 507 g/mol. The number of carbonyl (C=O) groups is 2. The summed E-state index contributed by atoms with van der Waals surface area (Å²) in [5, 5.41) is 3.51. The minimum absolute atomic E-state index is 0.0477. The maximum absolute atomic E-state index is 13.6. The lowest BCUT2D eigenvalue weighted by molar-refractivity contribution is -0.140. The highest BCUT2D eigenvalue weighted by atomic mass is 35.5. The van der Waals surface area contributed by atoms with Gasteiger partial charge in [0.25, 0.3) is 0 Å². The highest BCUT2D eigenvalue weighted by Gasteiger charge is 2.32. The topological polar surface area (TPSA) is 86.8 Å². The van der Waals surface area contributed by atoms with Gasteiger partial charge < -0.3 is 10.2 Å². The van der Waals surface area contributed by atoms with Crippen LogP contribution in [0.5, 0.6) is 0 Å². The second-order valence-corrected chi connectivity index (χ2v) is 10.8. The lowest BCUT2D eigenvalue weighted by Gasteiger charge is -2.33. The van der Waals surface area contributed by atoms with Crippen molar-refractivity contribution in [3.8, 4) is 0 Å². The van der Waals surface area contributed by atoms with Gasteiger partial charge in [0.05, 0.1) is 11.9 Å². The van der Waals surface area contributed by atoms with Crippen LogP contribution in [0, 0.1) is 6.92 Å². The third-order valence-electron chi connectivity index (χ3n) is 5.72. The van der Waals surface area contributed by atoms with Gasteiger partial charge in [-0.1, -0.05) is 55.8 Å². The molecule has 7 nitrogen and oxygen atoms in total. The molecule has 34 heavy (non-hydrogen) atoms. The van der Waals surface area contributed by atoms with Crippen LogP contribution in [0.4, 0.5) is 5.69 Å². The number of nitrogens with one attached hydrogen (secondary N) is 1. The number of carbonyl (C=O) groups excluding carboxylic acids is 2. The summed E-state index contributed by atoms with van der Waals surface area (Å²) in [5.41, 5.74) is 1.95. The molecular formula is C25H34ClN3O4S.